The Hall–Kier alpha value is -1.34. The molecule has 1 amide bonds. The van der Waals surface area contributed by atoms with Crippen LogP contribution in [-0.2, 0) is 0 Å². The molecule has 0 spiro atoms. The zero-order valence-electron chi connectivity index (χ0n) is 7.99. The van der Waals surface area contributed by atoms with Gasteiger partial charge in [-0.1, -0.05) is 19.4 Å². The van der Waals surface area contributed by atoms with Crippen molar-refractivity contribution < 1.29 is 4.79 Å². The number of thiophene rings is 1. The first-order valence-corrected chi connectivity index (χ1v) is 5.40. The van der Waals surface area contributed by atoms with Crippen LogP contribution in [0.2, 0.25) is 0 Å². The fourth-order valence-electron chi connectivity index (χ4n) is 1.09. The van der Waals surface area contributed by atoms with Gasteiger partial charge >= 0.3 is 0 Å². The van der Waals surface area contributed by atoms with Crippen LogP contribution in [0, 0.1) is 11.3 Å². The van der Waals surface area contributed by atoms with E-state index in [2.05, 4.69) is 11.4 Å². The second-order valence-corrected chi connectivity index (χ2v) is 3.87. The van der Waals surface area contributed by atoms with Crippen molar-refractivity contribution in [2.45, 2.75) is 25.8 Å². The van der Waals surface area contributed by atoms with Crippen molar-refractivity contribution in [3.05, 3.63) is 22.4 Å². The molecule has 0 bridgehead atoms. The maximum absolute atomic E-state index is 11.5. The van der Waals surface area contributed by atoms with Crippen molar-refractivity contribution in [3.8, 4) is 6.07 Å². The lowest BCUT2D eigenvalue weighted by atomic mass is 10.2. The number of carbonyl (C=O) groups is 1. The first-order valence-electron chi connectivity index (χ1n) is 4.52. The van der Waals surface area contributed by atoms with Crippen LogP contribution < -0.4 is 5.32 Å². The lowest BCUT2D eigenvalue weighted by molar-refractivity contribution is 0.0948. The number of rotatable bonds is 4. The Morgan fingerprint density at radius 2 is 2.57 bits per heavy atom. The van der Waals surface area contributed by atoms with E-state index >= 15 is 0 Å². The maximum Gasteiger partial charge on any atom is 0.262 e. The monoisotopic (exact) mass is 208 g/mol. The highest BCUT2D eigenvalue weighted by molar-refractivity contribution is 7.12. The molecular formula is C10H12N2OS. The van der Waals surface area contributed by atoms with Crippen LogP contribution in [0.4, 0.5) is 0 Å². The summed E-state index contributed by atoms with van der Waals surface area (Å²) >= 11 is 1.38. The van der Waals surface area contributed by atoms with Crippen LogP contribution in [0.5, 0.6) is 0 Å². The Morgan fingerprint density at radius 3 is 3.07 bits per heavy atom. The second kappa shape index (κ2) is 5.40. The lowest BCUT2D eigenvalue weighted by Crippen LogP contribution is -2.33. The van der Waals surface area contributed by atoms with E-state index in [1.165, 1.54) is 11.3 Å². The molecule has 0 fully saturated rings. The molecule has 1 heterocycles. The average Bonchev–Trinajstić information content (AvgIpc) is 2.69. The number of nitrogens with zero attached hydrogens (tertiary/aromatic N) is 1. The standard InChI is InChI=1S/C10H12N2OS/c1-2-4-8(7-11)12-10(13)9-5-3-6-14-9/h3,5-6,8H,2,4H2,1H3,(H,12,13). The Bertz CT molecular complexity index is 326. The summed E-state index contributed by atoms with van der Waals surface area (Å²) in [6.07, 6.45) is 1.59. The van der Waals surface area contributed by atoms with Crippen LogP contribution in [0.1, 0.15) is 29.4 Å². The number of hydrogen-bond acceptors (Lipinski definition) is 3. The van der Waals surface area contributed by atoms with Crippen LogP contribution in [-0.4, -0.2) is 11.9 Å². The molecule has 0 aliphatic carbocycles. The third kappa shape index (κ3) is 2.86. The van der Waals surface area contributed by atoms with E-state index in [0.717, 1.165) is 6.42 Å². The highest BCUT2D eigenvalue weighted by atomic mass is 32.1. The molecule has 1 aromatic heterocycles. The SMILES string of the molecule is CCCC(C#N)NC(=O)c1cccs1. The highest BCUT2D eigenvalue weighted by Crippen LogP contribution is 2.08. The predicted molar refractivity (Wildman–Crippen MR) is 56.1 cm³/mol. The van der Waals surface area contributed by atoms with Crippen LogP contribution in [0.25, 0.3) is 0 Å². The normalized spacial score (nSPS) is 11.7. The number of nitrogens with one attached hydrogen (secondary N) is 1. The summed E-state index contributed by atoms with van der Waals surface area (Å²) in [7, 11) is 0. The summed E-state index contributed by atoms with van der Waals surface area (Å²) < 4.78 is 0. The first-order chi connectivity index (χ1) is 6.77. The fraction of sp³-hybridized carbons (Fsp3) is 0.400. The van der Waals surface area contributed by atoms with Crippen LogP contribution >= 0.6 is 11.3 Å². The van der Waals surface area contributed by atoms with Gasteiger partial charge in [-0.15, -0.1) is 11.3 Å². The molecule has 0 aliphatic heterocycles. The zero-order chi connectivity index (χ0) is 10.4. The summed E-state index contributed by atoms with van der Waals surface area (Å²) in [5, 5.41) is 13.3. The highest BCUT2D eigenvalue weighted by Gasteiger charge is 2.12. The van der Waals surface area contributed by atoms with E-state index < -0.39 is 0 Å². The van der Waals surface area contributed by atoms with E-state index in [0.29, 0.717) is 11.3 Å². The van der Waals surface area contributed by atoms with Crippen molar-refractivity contribution in [3.63, 3.8) is 0 Å². The molecule has 0 saturated heterocycles. The number of nitriles is 1. The molecule has 1 unspecified atom stereocenters. The van der Waals surface area contributed by atoms with E-state index in [1.54, 1.807) is 6.07 Å². The maximum atomic E-state index is 11.5. The third-order valence-corrected chi connectivity index (χ3v) is 2.65. The molecule has 0 radical (unpaired) electrons. The summed E-state index contributed by atoms with van der Waals surface area (Å²) in [5.74, 6) is -0.153. The second-order valence-electron chi connectivity index (χ2n) is 2.92. The molecule has 3 nitrogen and oxygen atoms in total. The van der Waals surface area contributed by atoms with Gasteiger partial charge in [-0.25, -0.2) is 0 Å². The number of carbonyl (C=O) groups excluding carboxylic acids is 1. The van der Waals surface area contributed by atoms with Crippen molar-refractivity contribution >= 4 is 17.2 Å². The molecule has 1 atom stereocenters. The van der Waals surface area contributed by atoms with Gasteiger partial charge in [-0.2, -0.15) is 5.26 Å². The largest absolute Gasteiger partial charge is 0.336 e. The lowest BCUT2D eigenvalue weighted by Gasteiger charge is -2.08. The number of hydrogen-bond donors (Lipinski definition) is 1. The van der Waals surface area contributed by atoms with Gasteiger partial charge in [0.25, 0.3) is 5.91 Å². The molecule has 74 valence electrons. The van der Waals surface area contributed by atoms with Gasteiger partial charge in [0.1, 0.15) is 6.04 Å². The topological polar surface area (TPSA) is 52.9 Å². The minimum atomic E-state index is -0.366. The summed E-state index contributed by atoms with van der Waals surface area (Å²) in [6.45, 7) is 1.99. The number of amides is 1. The Kier molecular flexibility index (Phi) is 4.14. The van der Waals surface area contributed by atoms with Gasteiger partial charge in [0.15, 0.2) is 0 Å². The van der Waals surface area contributed by atoms with Gasteiger partial charge in [0, 0.05) is 0 Å². The van der Waals surface area contributed by atoms with Crippen molar-refractivity contribution in [2.75, 3.05) is 0 Å². The van der Waals surface area contributed by atoms with Gasteiger partial charge in [-0.05, 0) is 17.9 Å². The van der Waals surface area contributed by atoms with Crippen LogP contribution in [0.15, 0.2) is 17.5 Å². The molecule has 0 aliphatic rings. The Morgan fingerprint density at radius 1 is 1.79 bits per heavy atom. The van der Waals surface area contributed by atoms with Crippen molar-refractivity contribution in [1.29, 1.82) is 5.26 Å². The minimum absolute atomic E-state index is 0.153. The van der Waals surface area contributed by atoms with Gasteiger partial charge < -0.3 is 5.32 Å². The summed E-state index contributed by atoms with van der Waals surface area (Å²) in [4.78, 5) is 12.2. The van der Waals surface area contributed by atoms with E-state index in [-0.39, 0.29) is 11.9 Å². The summed E-state index contributed by atoms with van der Waals surface area (Å²) in [6, 6.07) is 5.27. The van der Waals surface area contributed by atoms with Gasteiger partial charge in [-0.3, -0.25) is 4.79 Å². The Balaban J connectivity index is 2.52. The molecule has 4 heteroatoms. The zero-order valence-corrected chi connectivity index (χ0v) is 8.80. The van der Waals surface area contributed by atoms with Gasteiger partial charge in [0.05, 0.1) is 10.9 Å². The van der Waals surface area contributed by atoms with Crippen molar-refractivity contribution in [1.82, 2.24) is 5.32 Å². The van der Waals surface area contributed by atoms with E-state index in [9.17, 15) is 4.79 Å². The van der Waals surface area contributed by atoms with Crippen molar-refractivity contribution in [2.24, 2.45) is 0 Å². The van der Waals surface area contributed by atoms with Gasteiger partial charge in [0.2, 0.25) is 0 Å². The van der Waals surface area contributed by atoms with E-state index in [1.807, 2.05) is 18.4 Å². The molecule has 1 aromatic rings. The Labute approximate surface area is 87.4 Å². The minimum Gasteiger partial charge on any atom is -0.336 e. The van der Waals surface area contributed by atoms with E-state index in [4.69, 9.17) is 5.26 Å². The van der Waals surface area contributed by atoms with Crippen LogP contribution in [0.3, 0.4) is 0 Å². The predicted octanol–water partition coefficient (Wildman–Crippen LogP) is 2.17. The third-order valence-electron chi connectivity index (χ3n) is 1.78. The molecule has 0 saturated carbocycles. The molecule has 14 heavy (non-hydrogen) atoms. The molecule has 0 aromatic carbocycles. The quantitative estimate of drug-likeness (QED) is 0.824. The molecule has 1 rings (SSSR count). The fourth-order valence-corrected chi connectivity index (χ4v) is 1.72. The average molecular weight is 208 g/mol. The molecule has 1 N–H and O–H groups in total. The smallest absolute Gasteiger partial charge is 0.262 e. The summed E-state index contributed by atoms with van der Waals surface area (Å²) in [5.41, 5.74) is 0. The molecular weight excluding hydrogens is 196 g/mol. The first kappa shape index (κ1) is 10.7.